The molecule has 11 heavy (non-hydrogen) atoms. The van der Waals surface area contributed by atoms with Crippen LogP contribution in [-0.2, 0) is 10.7 Å². The zero-order valence-corrected chi connectivity index (χ0v) is 6.65. The molecule has 0 aromatic carbocycles. The van der Waals surface area contributed by atoms with E-state index in [1.807, 2.05) is 0 Å². The Hall–Kier alpha value is -0.710. The summed E-state index contributed by atoms with van der Waals surface area (Å²) in [5.41, 5.74) is 0. The number of hydrogen-bond donors (Lipinski definition) is 2. The van der Waals surface area contributed by atoms with Gasteiger partial charge in [0.1, 0.15) is 6.16 Å². The first-order valence-corrected chi connectivity index (χ1v) is 4.61. The summed E-state index contributed by atoms with van der Waals surface area (Å²) in [4.78, 5) is 16.9. The van der Waals surface area contributed by atoms with E-state index in [2.05, 4.69) is 10.2 Å². The van der Waals surface area contributed by atoms with Crippen molar-refractivity contribution in [2.24, 2.45) is 0 Å². The summed E-state index contributed by atoms with van der Waals surface area (Å²) >= 11 is 0. The number of hydrogen-bond acceptors (Lipinski definition) is 4. The minimum absolute atomic E-state index is 0.0316. The molecule has 1 aromatic rings. The molecule has 0 spiro atoms. The predicted octanol–water partition coefficient (Wildman–Crippen LogP) is 0.0557. The molecule has 0 aliphatic rings. The fraction of sp³-hybridized carbons (Fsp3) is 0.500. The summed E-state index contributed by atoms with van der Waals surface area (Å²) in [6.07, 6.45) is -0.492. The molecule has 2 N–H and O–H groups in total. The van der Waals surface area contributed by atoms with Crippen molar-refractivity contribution < 1.29 is 18.8 Å². The molecule has 1 aromatic heterocycles. The minimum atomic E-state index is -4.07. The van der Waals surface area contributed by atoms with Crippen LogP contribution in [0.1, 0.15) is 11.8 Å². The van der Waals surface area contributed by atoms with E-state index >= 15 is 0 Å². The SMILES string of the molecule is Cc1nnc(CP(=O)(O)O)o1. The first-order chi connectivity index (χ1) is 4.97. The van der Waals surface area contributed by atoms with Gasteiger partial charge in [-0.25, -0.2) is 0 Å². The van der Waals surface area contributed by atoms with Crippen LogP contribution in [0.3, 0.4) is 0 Å². The Morgan fingerprint density at radius 3 is 2.55 bits per heavy atom. The van der Waals surface area contributed by atoms with Crippen LogP contribution < -0.4 is 0 Å². The fourth-order valence-electron chi connectivity index (χ4n) is 0.578. The molecule has 0 amide bonds. The van der Waals surface area contributed by atoms with E-state index in [0.29, 0.717) is 5.89 Å². The highest BCUT2D eigenvalue weighted by atomic mass is 31.2. The van der Waals surface area contributed by atoms with Gasteiger partial charge in [0.25, 0.3) is 0 Å². The third-order valence-corrected chi connectivity index (χ3v) is 1.59. The molecular weight excluding hydrogens is 171 g/mol. The van der Waals surface area contributed by atoms with E-state index in [0.717, 1.165) is 0 Å². The van der Waals surface area contributed by atoms with Crippen LogP contribution in [-0.4, -0.2) is 20.0 Å². The van der Waals surface area contributed by atoms with Gasteiger partial charge in [0.15, 0.2) is 0 Å². The predicted molar refractivity (Wildman–Crippen MR) is 34.8 cm³/mol. The second kappa shape index (κ2) is 2.73. The van der Waals surface area contributed by atoms with E-state index in [1.54, 1.807) is 6.92 Å². The Morgan fingerprint density at radius 1 is 1.55 bits per heavy atom. The van der Waals surface area contributed by atoms with Gasteiger partial charge in [-0.05, 0) is 0 Å². The molecule has 1 rings (SSSR count). The highest BCUT2D eigenvalue weighted by molar-refractivity contribution is 7.50. The molecule has 0 aliphatic carbocycles. The number of aromatic nitrogens is 2. The molecule has 7 heteroatoms. The smallest absolute Gasteiger partial charge is 0.334 e. The van der Waals surface area contributed by atoms with Crippen molar-refractivity contribution in [2.45, 2.75) is 13.1 Å². The molecule has 1 heterocycles. The summed E-state index contributed by atoms with van der Waals surface area (Å²) in [6, 6.07) is 0. The van der Waals surface area contributed by atoms with Gasteiger partial charge >= 0.3 is 7.60 Å². The van der Waals surface area contributed by atoms with Crippen LogP contribution in [0.2, 0.25) is 0 Å². The first-order valence-electron chi connectivity index (χ1n) is 2.81. The number of aryl methyl sites for hydroxylation is 1. The molecule has 0 aliphatic heterocycles. The molecule has 62 valence electrons. The van der Waals surface area contributed by atoms with Crippen molar-refractivity contribution in [1.82, 2.24) is 10.2 Å². The van der Waals surface area contributed by atoms with Crippen molar-refractivity contribution in [2.75, 3.05) is 0 Å². The van der Waals surface area contributed by atoms with Gasteiger partial charge in [0, 0.05) is 6.92 Å². The topological polar surface area (TPSA) is 96.5 Å². The molecule has 0 saturated carbocycles. The van der Waals surface area contributed by atoms with Crippen molar-refractivity contribution in [1.29, 1.82) is 0 Å². The largest absolute Gasteiger partial charge is 0.425 e. The zero-order chi connectivity index (χ0) is 8.48. The molecule has 0 fully saturated rings. The lowest BCUT2D eigenvalue weighted by molar-refractivity contribution is 0.363. The lowest BCUT2D eigenvalue weighted by Gasteiger charge is -1.96. The Balaban J connectivity index is 2.73. The van der Waals surface area contributed by atoms with Gasteiger partial charge in [-0.3, -0.25) is 4.57 Å². The van der Waals surface area contributed by atoms with Gasteiger partial charge in [0.2, 0.25) is 11.8 Å². The Kier molecular flexibility index (Phi) is 2.08. The minimum Gasteiger partial charge on any atom is -0.425 e. The second-order valence-electron chi connectivity index (χ2n) is 2.04. The van der Waals surface area contributed by atoms with Crippen LogP contribution in [0.15, 0.2) is 4.42 Å². The standard InChI is InChI=1S/C4H7N2O4P/c1-3-5-6-4(10-3)2-11(7,8)9/h2H2,1H3,(H2,7,8,9). The van der Waals surface area contributed by atoms with E-state index in [1.165, 1.54) is 0 Å². The van der Waals surface area contributed by atoms with Crippen molar-refractivity contribution >= 4 is 7.60 Å². The molecular formula is C4H7N2O4P. The number of rotatable bonds is 2. The van der Waals surface area contributed by atoms with Gasteiger partial charge in [0.05, 0.1) is 0 Å². The third-order valence-electron chi connectivity index (χ3n) is 0.909. The summed E-state index contributed by atoms with van der Waals surface area (Å²) in [5.74, 6) is 0.268. The van der Waals surface area contributed by atoms with Gasteiger partial charge in [-0.1, -0.05) is 0 Å². The normalized spacial score (nSPS) is 11.9. The van der Waals surface area contributed by atoms with E-state index in [-0.39, 0.29) is 5.89 Å². The van der Waals surface area contributed by atoms with Crippen LogP contribution in [0, 0.1) is 6.92 Å². The van der Waals surface area contributed by atoms with Crippen LogP contribution in [0.25, 0.3) is 0 Å². The quantitative estimate of drug-likeness (QED) is 0.621. The lowest BCUT2D eigenvalue weighted by Crippen LogP contribution is -1.86. The summed E-state index contributed by atoms with van der Waals surface area (Å²) in [7, 11) is -4.07. The van der Waals surface area contributed by atoms with Crippen LogP contribution in [0.5, 0.6) is 0 Å². The van der Waals surface area contributed by atoms with Crippen LogP contribution >= 0.6 is 7.60 Å². The fourth-order valence-corrected chi connectivity index (χ4v) is 1.06. The second-order valence-corrected chi connectivity index (χ2v) is 3.68. The molecule has 0 radical (unpaired) electrons. The maximum atomic E-state index is 10.4. The number of nitrogens with zero attached hydrogens (tertiary/aromatic N) is 2. The van der Waals surface area contributed by atoms with Crippen molar-refractivity contribution in [3.05, 3.63) is 11.8 Å². The monoisotopic (exact) mass is 178 g/mol. The van der Waals surface area contributed by atoms with Crippen molar-refractivity contribution in [3.8, 4) is 0 Å². The van der Waals surface area contributed by atoms with Crippen LogP contribution in [0.4, 0.5) is 0 Å². The summed E-state index contributed by atoms with van der Waals surface area (Å²) < 4.78 is 15.1. The van der Waals surface area contributed by atoms with Gasteiger partial charge in [-0.2, -0.15) is 0 Å². The third kappa shape index (κ3) is 2.80. The first kappa shape index (κ1) is 8.39. The Labute approximate surface area is 62.4 Å². The van der Waals surface area contributed by atoms with E-state index < -0.39 is 13.8 Å². The molecule has 0 atom stereocenters. The maximum absolute atomic E-state index is 10.4. The van der Waals surface area contributed by atoms with Gasteiger partial charge < -0.3 is 14.2 Å². The average molecular weight is 178 g/mol. The summed E-state index contributed by atoms with van der Waals surface area (Å²) in [6.45, 7) is 1.55. The highest BCUT2D eigenvalue weighted by Gasteiger charge is 2.18. The highest BCUT2D eigenvalue weighted by Crippen LogP contribution is 2.38. The van der Waals surface area contributed by atoms with E-state index in [4.69, 9.17) is 14.2 Å². The Bertz CT molecular complexity index is 290. The molecule has 6 nitrogen and oxygen atoms in total. The summed E-state index contributed by atoms with van der Waals surface area (Å²) in [5, 5.41) is 6.83. The molecule has 0 saturated heterocycles. The maximum Gasteiger partial charge on any atom is 0.334 e. The zero-order valence-electron chi connectivity index (χ0n) is 5.76. The average Bonchev–Trinajstić information content (AvgIpc) is 2.10. The van der Waals surface area contributed by atoms with Gasteiger partial charge in [-0.15, -0.1) is 10.2 Å². The molecule has 0 unspecified atom stereocenters. The van der Waals surface area contributed by atoms with Crippen molar-refractivity contribution in [3.63, 3.8) is 0 Å². The Morgan fingerprint density at radius 2 is 2.18 bits per heavy atom. The van der Waals surface area contributed by atoms with E-state index in [9.17, 15) is 4.57 Å². The molecule has 0 bridgehead atoms. The lowest BCUT2D eigenvalue weighted by atomic mass is 10.8.